The highest BCUT2D eigenvalue weighted by Gasteiger charge is 2.33. The highest BCUT2D eigenvalue weighted by molar-refractivity contribution is 5.89. The average Bonchev–Trinajstić information content (AvgIpc) is 2.74. The molecule has 0 aliphatic rings. The van der Waals surface area contributed by atoms with Crippen LogP contribution >= 0.6 is 12.4 Å². The number of hydrogen-bond donors (Lipinski definition) is 3. The minimum atomic E-state index is -0.594. The fraction of sp³-hybridized carbons (Fsp3) is 0.261. The van der Waals surface area contributed by atoms with E-state index in [2.05, 4.69) is 10.2 Å². The SMILES string of the molecule is C/C(=N\N=C(N)N)C(CN(C)C)C(c1ccccc1)c1c(O)c2ccccc2oc1=O.Cl. The van der Waals surface area contributed by atoms with E-state index in [-0.39, 0.29) is 35.6 Å². The van der Waals surface area contributed by atoms with Crippen molar-refractivity contribution in [3.63, 3.8) is 0 Å². The molecule has 0 saturated carbocycles. The van der Waals surface area contributed by atoms with Crippen molar-refractivity contribution < 1.29 is 9.52 Å². The summed E-state index contributed by atoms with van der Waals surface area (Å²) in [7, 11) is 3.84. The summed E-state index contributed by atoms with van der Waals surface area (Å²) in [5, 5.41) is 19.6. The van der Waals surface area contributed by atoms with Crippen molar-refractivity contribution in [2.75, 3.05) is 20.6 Å². The van der Waals surface area contributed by atoms with E-state index in [1.54, 1.807) is 31.2 Å². The molecule has 0 fully saturated rings. The Balaban J connectivity index is 0.00000363. The van der Waals surface area contributed by atoms with Crippen LogP contribution in [0.4, 0.5) is 0 Å². The van der Waals surface area contributed by atoms with Crippen molar-refractivity contribution in [1.29, 1.82) is 0 Å². The van der Waals surface area contributed by atoms with Gasteiger partial charge in [-0.15, -0.1) is 17.5 Å². The molecule has 3 aromatic rings. The standard InChI is InChI=1S/C23H27N5O3.ClH/c1-14(26-27-23(24)25)17(13-28(2)3)19(15-9-5-4-6-10-15)20-21(29)16-11-7-8-12-18(16)31-22(20)30;/h4-12,17,19,29H,13H2,1-3H3,(H4,24,25,27);1H/b26-14+;. The largest absolute Gasteiger partial charge is 0.507 e. The van der Waals surface area contributed by atoms with Crippen LogP contribution in [0.15, 0.2) is 74.0 Å². The number of halogens is 1. The summed E-state index contributed by atoms with van der Waals surface area (Å²) in [6, 6.07) is 16.4. The predicted molar refractivity (Wildman–Crippen MR) is 131 cm³/mol. The van der Waals surface area contributed by atoms with Gasteiger partial charge in [0.2, 0.25) is 5.96 Å². The van der Waals surface area contributed by atoms with Gasteiger partial charge in [0.05, 0.1) is 10.9 Å². The first-order valence-electron chi connectivity index (χ1n) is 9.87. The van der Waals surface area contributed by atoms with Gasteiger partial charge in [0.1, 0.15) is 11.3 Å². The Morgan fingerprint density at radius 3 is 2.31 bits per heavy atom. The maximum atomic E-state index is 13.1. The molecule has 2 aromatic carbocycles. The Morgan fingerprint density at radius 1 is 1.06 bits per heavy atom. The number of guanidine groups is 1. The van der Waals surface area contributed by atoms with Crippen LogP contribution in [0.25, 0.3) is 11.0 Å². The van der Waals surface area contributed by atoms with E-state index in [1.807, 2.05) is 49.3 Å². The van der Waals surface area contributed by atoms with Gasteiger partial charge in [0.15, 0.2) is 0 Å². The third-order valence-corrected chi connectivity index (χ3v) is 5.11. The monoisotopic (exact) mass is 457 g/mol. The number of nitrogens with two attached hydrogens (primary N) is 2. The summed E-state index contributed by atoms with van der Waals surface area (Å²) in [6.45, 7) is 2.33. The quantitative estimate of drug-likeness (QED) is 0.216. The summed E-state index contributed by atoms with van der Waals surface area (Å²) >= 11 is 0. The Kier molecular flexibility index (Phi) is 8.40. The molecular formula is C23H28ClN5O3. The van der Waals surface area contributed by atoms with Crippen LogP contribution in [0.3, 0.4) is 0 Å². The van der Waals surface area contributed by atoms with Crippen LogP contribution in [0.5, 0.6) is 5.75 Å². The van der Waals surface area contributed by atoms with E-state index in [1.165, 1.54) is 0 Å². The first-order chi connectivity index (χ1) is 14.8. The van der Waals surface area contributed by atoms with Crippen molar-refractivity contribution in [1.82, 2.24) is 4.90 Å². The molecule has 1 aromatic heterocycles. The lowest BCUT2D eigenvalue weighted by Crippen LogP contribution is -2.34. The molecule has 0 saturated heterocycles. The third kappa shape index (κ3) is 5.46. The van der Waals surface area contributed by atoms with Crippen molar-refractivity contribution >= 4 is 35.0 Å². The molecule has 0 bridgehead atoms. The fourth-order valence-corrected chi connectivity index (χ4v) is 3.77. The second-order valence-electron chi connectivity index (χ2n) is 7.67. The molecule has 0 aliphatic heterocycles. The molecule has 9 heteroatoms. The highest BCUT2D eigenvalue weighted by atomic mass is 35.5. The fourth-order valence-electron chi connectivity index (χ4n) is 3.77. The topological polar surface area (TPSA) is 130 Å². The Labute approximate surface area is 192 Å². The molecule has 0 amide bonds. The average molecular weight is 458 g/mol. The second-order valence-corrected chi connectivity index (χ2v) is 7.67. The molecule has 0 spiro atoms. The van der Waals surface area contributed by atoms with Gasteiger partial charge in [-0.3, -0.25) is 0 Å². The second kappa shape index (κ2) is 10.8. The van der Waals surface area contributed by atoms with Gasteiger partial charge in [-0.25, -0.2) is 4.79 Å². The minimum Gasteiger partial charge on any atom is -0.507 e. The van der Waals surface area contributed by atoms with E-state index < -0.39 is 11.5 Å². The van der Waals surface area contributed by atoms with Crippen LogP contribution in [-0.2, 0) is 0 Å². The molecule has 1 heterocycles. The zero-order valence-electron chi connectivity index (χ0n) is 18.2. The molecule has 0 radical (unpaired) electrons. The van der Waals surface area contributed by atoms with Crippen LogP contribution in [0.2, 0.25) is 0 Å². The summed E-state index contributed by atoms with van der Waals surface area (Å²) in [5.74, 6) is -1.12. The maximum absolute atomic E-state index is 13.1. The van der Waals surface area contributed by atoms with E-state index >= 15 is 0 Å². The molecule has 32 heavy (non-hydrogen) atoms. The van der Waals surface area contributed by atoms with Crippen molar-refractivity contribution in [3.8, 4) is 5.75 Å². The number of hydrogen-bond acceptors (Lipinski definition) is 6. The molecule has 0 aliphatic carbocycles. The maximum Gasteiger partial charge on any atom is 0.343 e. The van der Waals surface area contributed by atoms with Gasteiger partial charge in [-0.2, -0.15) is 5.10 Å². The Hall–Kier alpha value is -3.36. The van der Waals surface area contributed by atoms with Crippen LogP contribution in [0, 0.1) is 5.92 Å². The van der Waals surface area contributed by atoms with E-state index in [9.17, 15) is 9.90 Å². The summed E-state index contributed by atoms with van der Waals surface area (Å²) < 4.78 is 5.57. The van der Waals surface area contributed by atoms with Crippen molar-refractivity contribution in [2.24, 2.45) is 27.6 Å². The summed E-state index contributed by atoms with van der Waals surface area (Å²) in [5.41, 5.74) is 12.3. The van der Waals surface area contributed by atoms with Gasteiger partial charge in [-0.05, 0) is 38.7 Å². The predicted octanol–water partition coefficient (Wildman–Crippen LogP) is 2.88. The Bertz CT molecular complexity index is 1170. The number of rotatable bonds is 7. The zero-order valence-corrected chi connectivity index (χ0v) is 19.0. The Morgan fingerprint density at radius 2 is 1.69 bits per heavy atom. The minimum absolute atomic E-state index is 0. The zero-order chi connectivity index (χ0) is 22.5. The van der Waals surface area contributed by atoms with Crippen molar-refractivity contribution in [2.45, 2.75) is 12.8 Å². The van der Waals surface area contributed by atoms with Gasteiger partial charge in [0, 0.05) is 24.1 Å². The van der Waals surface area contributed by atoms with Gasteiger partial charge < -0.3 is 25.9 Å². The van der Waals surface area contributed by atoms with Crippen LogP contribution < -0.4 is 17.1 Å². The van der Waals surface area contributed by atoms with Crippen LogP contribution in [-0.4, -0.2) is 42.3 Å². The smallest absolute Gasteiger partial charge is 0.343 e. The highest BCUT2D eigenvalue weighted by Crippen LogP contribution is 2.39. The number of aromatic hydroxyl groups is 1. The van der Waals surface area contributed by atoms with E-state index in [0.29, 0.717) is 23.2 Å². The molecular weight excluding hydrogens is 430 g/mol. The molecule has 2 atom stereocenters. The molecule has 170 valence electrons. The summed E-state index contributed by atoms with van der Waals surface area (Å²) in [6.07, 6.45) is 0. The first-order valence-corrected chi connectivity index (χ1v) is 9.87. The number of para-hydroxylation sites is 1. The number of benzene rings is 2. The molecule has 8 nitrogen and oxygen atoms in total. The van der Waals surface area contributed by atoms with Gasteiger partial charge >= 0.3 is 5.63 Å². The molecule has 3 rings (SSSR count). The lowest BCUT2D eigenvalue weighted by atomic mass is 9.78. The molecule has 2 unspecified atom stereocenters. The summed E-state index contributed by atoms with van der Waals surface area (Å²) in [4.78, 5) is 15.1. The van der Waals surface area contributed by atoms with Crippen LogP contribution in [0.1, 0.15) is 24.0 Å². The lowest BCUT2D eigenvalue weighted by molar-refractivity contribution is 0.346. The van der Waals surface area contributed by atoms with Gasteiger partial charge in [-0.1, -0.05) is 42.5 Å². The van der Waals surface area contributed by atoms with Crippen molar-refractivity contribution in [3.05, 3.63) is 76.1 Å². The van der Waals surface area contributed by atoms with E-state index in [4.69, 9.17) is 15.9 Å². The first kappa shape index (κ1) is 24.9. The normalized spacial score (nSPS) is 13.4. The number of nitrogens with zero attached hydrogens (tertiary/aromatic N) is 3. The van der Waals surface area contributed by atoms with Gasteiger partial charge in [0.25, 0.3) is 0 Å². The number of fused-ring (bicyclic) bond motifs is 1. The van der Waals surface area contributed by atoms with E-state index in [0.717, 1.165) is 5.56 Å². The lowest BCUT2D eigenvalue weighted by Gasteiger charge is -2.30. The molecule has 5 N–H and O–H groups in total. The third-order valence-electron chi connectivity index (χ3n) is 5.11.